The summed E-state index contributed by atoms with van der Waals surface area (Å²) in [6.45, 7) is 3.95. The Morgan fingerprint density at radius 2 is 2.24 bits per heavy atom. The van der Waals surface area contributed by atoms with Crippen LogP contribution in [0.5, 0.6) is 0 Å². The van der Waals surface area contributed by atoms with Crippen LogP contribution in [0.25, 0.3) is 0 Å². The molecule has 0 unspecified atom stereocenters. The van der Waals surface area contributed by atoms with Crippen molar-refractivity contribution in [3.05, 3.63) is 45.7 Å². The smallest absolute Gasteiger partial charge is 0.258 e. The van der Waals surface area contributed by atoms with Gasteiger partial charge in [-0.1, -0.05) is 11.8 Å². The Balaban J connectivity index is 2.31. The Kier molecular flexibility index (Phi) is 4.68. The molecule has 2 rings (SSSR count). The van der Waals surface area contributed by atoms with Crippen LogP contribution in [0, 0.1) is 31.5 Å². The van der Waals surface area contributed by atoms with Gasteiger partial charge in [-0.05, 0) is 32.0 Å². The molecule has 6 heteroatoms. The maximum atomic E-state index is 13.4. The van der Waals surface area contributed by atoms with E-state index in [1.165, 1.54) is 23.5 Å². The molecule has 0 atom stereocenters. The molecule has 0 fully saturated rings. The van der Waals surface area contributed by atoms with Crippen molar-refractivity contribution in [2.45, 2.75) is 13.8 Å². The zero-order valence-corrected chi connectivity index (χ0v) is 12.5. The van der Waals surface area contributed by atoms with Gasteiger partial charge in [-0.3, -0.25) is 10.1 Å². The number of thiazole rings is 1. The minimum absolute atomic E-state index is 0.168. The maximum absolute atomic E-state index is 13.4. The van der Waals surface area contributed by atoms with Gasteiger partial charge in [0.2, 0.25) is 0 Å². The van der Waals surface area contributed by atoms with Crippen molar-refractivity contribution in [2.75, 3.05) is 11.9 Å². The van der Waals surface area contributed by atoms with Gasteiger partial charge >= 0.3 is 0 Å². The number of amides is 1. The molecule has 0 spiro atoms. The van der Waals surface area contributed by atoms with Crippen LogP contribution in [0.1, 0.15) is 26.5 Å². The first-order chi connectivity index (χ1) is 10.0. The Hall–Kier alpha value is -2.23. The molecule has 0 aliphatic heterocycles. The van der Waals surface area contributed by atoms with Crippen LogP contribution in [-0.2, 0) is 0 Å². The quantitative estimate of drug-likeness (QED) is 0.837. The van der Waals surface area contributed by atoms with E-state index in [4.69, 9.17) is 5.73 Å². The number of carbonyl (C=O) groups is 1. The van der Waals surface area contributed by atoms with E-state index in [9.17, 15) is 9.18 Å². The van der Waals surface area contributed by atoms with Crippen LogP contribution in [-0.4, -0.2) is 17.4 Å². The van der Waals surface area contributed by atoms with Crippen LogP contribution in [0.4, 0.5) is 9.52 Å². The first-order valence-electron chi connectivity index (χ1n) is 6.25. The van der Waals surface area contributed by atoms with Gasteiger partial charge in [-0.15, -0.1) is 11.3 Å². The molecule has 2 aromatic rings. The number of hydrogen-bond donors (Lipinski definition) is 2. The average Bonchev–Trinajstić information content (AvgIpc) is 2.75. The Labute approximate surface area is 126 Å². The molecule has 108 valence electrons. The van der Waals surface area contributed by atoms with Gasteiger partial charge in [-0.25, -0.2) is 9.37 Å². The summed E-state index contributed by atoms with van der Waals surface area (Å²) in [4.78, 5) is 17.5. The van der Waals surface area contributed by atoms with Gasteiger partial charge < -0.3 is 5.73 Å². The van der Waals surface area contributed by atoms with E-state index in [0.717, 1.165) is 16.6 Å². The van der Waals surface area contributed by atoms with E-state index in [0.29, 0.717) is 10.7 Å². The first-order valence-corrected chi connectivity index (χ1v) is 7.06. The molecule has 21 heavy (non-hydrogen) atoms. The van der Waals surface area contributed by atoms with E-state index in [1.54, 1.807) is 0 Å². The standard InChI is InChI=1S/C15H14FN3OS/c1-9-10(2)21-15(18-9)19-14(20)13-8-12(16)6-5-11(13)4-3-7-17/h5-6,8H,7,17H2,1-2H3,(H,18,19,20). The number of carbonyl (C=O) groups excluding carboxylic acids is 1. The zero-order chi connectivity index (χ0) is 15.4. The molecule has 0 saturated heterocycles. The van der Waals surface area contributed by atoms with Gasteiger partial charge in [0.1, 0.15) is 5.82 Å². The molecule has 3 N–H and O–H groups in total. The van der Waals surface area contributed by atoms with Gasteiger partial charge in [0.05, 0.1) is 17.8 Å². The van der Waals surface area contributed by atoms with Crippen LogP contribution < -0.4 is 11.1 Å². The average molecular weight is 303 g/mol. The number of nitrogens with zero attached hydrogens (tertiary/aromatic N) is 1. The lowest BCUT2D eigenvalue weighted by Crippen LogP contribution is -2.14. The van der Waals surface area contributed by atoms with E-state index in [-0.39, 0.29) is 12.1 Å². The third-order valence-electron chi connectivity index (χ3n) is 2.80. The number of nitrogens with one attached hydrogen (secondary N) is 1. The highest BCUT2D eigenvalue weighted by atomic mass is 32.1. The predicted octanol–water partition coefficient (Wildman–Crippen LogP) is 2.46. The minimum Gasteiger partial charge on any atom is -0.320 e. The van der Waals surface area contributed by atoms with Crippen LogP contribution >= 0.6 is 11.3 Å². The van der Waals surface area contributed by atoms with Gasteiger partial charge in [0.25, 0.3) is 5.91 Å². The second kappa shape index (κ2) is 6.48. The number of aromatic nitrogens is 1. The summed E-state index contributed by atoms with van der Waals surface area (Å²) in [6, 6.07) is 3.88. The van der Waals surface area contributed by atoms with Crippen molar-refractivity contribution >= 4 is 22.4 Å². The zero-order valence-electron chi connectivity index (χ0n) is 11.7. The number of benzene rings is 1. The van der Waals surface area contributed by atoms with Crippen molar-refractivity contribution in [3.8, 4) is 11.8 Å². The summed E-state index contributed by atoms with van der Waals surface area (Å²) >= 11 is 1.37. The monoisotopic (exact) mass is 303 g/mol. The maximum Gasteiger partial charge on any atom is 0.258 e. The molecule has 1 amide bonds. The summed E-state index contributed by atoms with van der Waals surface area (Å²) in [5.74, 6) is 4.49. The van der Waals surface area contributed by atoms with Crippen molar-refractivity contribution in [1.29, 1.82) is 0 Å². The summed E-state index contributed by atoms with van der Waals surface area (Å²) < 4.78 is 13.4. The molecule has 0 aliphatic rings. The normalized spacial score (nSPS) is 9.90. The summed E-state index contributed by atoms with van der Waals surface area (Å²) in [5, 5.41) is 3.15. The molecular weight excluding hydrogens is 289 g/mol. The molecule has 0 bridgehead atoms. The Morgan fingerprint density at radius 1 is 1.48 bits per heavy atom. The van der Waals surface area contributed by atoms with E-state index in [1.807, 2.05) is 13.8 Å². The molecule has 0 aliphatic carbocycles. The van der Waals surface area contributed by atoms with Gasteiger partial charge in [0, 0.05) is 10.4 Å². The number of anilines is 1. The second-order valence-corrected chi connectivity index (χ2v) is 5.51. The Bertz CT molecular complexity index is 724. The second-order valence-electron chi connectivity index (χ2n) is 4.31. The number of aryl methyl sites for hydroxylation is 2. The van der Waals surface area contributed by atoms with Crippen molar-refractivity contribution in [2.24, 2.45) is 5.73 Å². The minimum atomic E-state index is -0.495. The summed E-state index contributed by atoms with van der Waals surface area (Å²) in [6.07, 6.45) is 0. The van der Waals surface area contributed by atoms with E-state index < -0.39 is 11.7 Å². The first kappa shape index (κ1) is 15.2. The van der Waals surface area contributed by atoms with Crippen LogP contribution in [0.2, 0.25) is 0 Å². The van der Waals surface area contributed by atoms with E-state index in [2.05, 4.69) is 22.1 Å². The highest BCUT2D eigenvalue weighted by Gasteiger charge is 2.14. The molecular formula is C15H14FN3OS. The van der Waals surface area contributed by atoms with Crippen molar-refractivity contribution < 1.29 is 9.18 Å². The fourth-order valence-electron chi connectivity index (χ4n) is 1.65. The topological polar surface area (TPSA) is 68.0 Å². The third kappa shape index (κ3) is 3.66. The molecule has 1 heterocycles. The SMILES string of the molecule is Cc1nc(NC(=O)c2cc(F)ccc2C#CCN)sc1C. The molecule has 4 nitrogen and oxygen atoms in total. The third-order valence-corrected chi connectivity index (χ3v) is 3.79. The summed E-state index contributed by atoms with van der Waals surface area (Å²) in [7, 11) is 0. The molecule has 0 radical (unpaired) electrons. The molecule has 0 saturated carbocycles. The van der Waals surface area contributed by atoms with Crippen LogP contribution in [0.15, 0.2) is 18.2 Å². The fourth-order valence-corrected chi connectivity index (χ4v) is 2.46. The number of halogens is 1. The number of rotatable bonds is 2. The summed E-state index contributed by atoms with van der Waals surface area (Å²) in [5.41, 5.74) is 6.78. The van der Waals surface area contributed by atoms with Crippen LogP contribution in [0.3, 0.4) is 0 Å². The Morgan fingerprint density at radius 3 is 2.86 bits per heavy atom. The van der Waals surface area contributed by atoms with Gasteiger partial charge in [0.15, 0.2) is 5.13 Å². The highest BCUT2D eigenvalue weighted by molar-refractivity contribution is 7.15. The largest absolute Gasteiger partial charge is 0.320 e. The van der Waals surface area contributed by atoms with Gasteiger partial charge in [-0.2, -0.15) is 0 Å². The lowest BCUT2D eigenvalue weighted by molar-refractivity contribution is 0.102. The highest BCUT2D eigenvalue weighted by Crippen LogP contribution is 2.22. The lowest BCUT2D eigenvalue weighted by Gasteiger charge is -2.04. The van der Waals surface area contributed by atoms with E-state index >= 15 is 0 Å². The number of nitrogens with two attached hydrogens (primary N) is 1. The predicted molar refractivity (Wildman–Crippen MR) is 81.9 cm³/mol. The lowest BCUT2D eigenvalue weighted by atomic mass is 10.1. The number of hydrogen-bond acceptors (Lipinski definition) is 4. The molecule has 1 aromatic heterocycles. The van der Waals surface area contributed by atoms with Crippen molar-refractivity contribution in [3.63, 3.8) is 0 Å². The van der Waals surface area contributed by atoms with Crippen molar-refractivity contribution in [1.82, 2.24) is 4.98 Å². The molecule has 1 aromatic carbocycles. The fraction of sp³-hybridized carbons (Fsp3) is 0.200.